The first kappa shape index (κ1) is 21.6. The van der Waals surface area contributed by atoms with Crippen molar-refractivity contribution in [2.75, 3.05) is 13.1 Å². The molecule has 3 N–H and O–H groups in total. The van der Waals surface area contributed by atoms with Crippen LogP contribution in [-0.2, 0) is 16.1 Å². The van der Waals surface area contributed by atoms with E-state index in [9.17, 15) is 18.4 Å². The number of nitrogens with one attached hydrogen (secondary N) is 3. The van der Waals surface area contributed by atoms with Gasteiger partial charge in [0.15, 0.2) is 0 Å². The Hall–Kier alpha value is -3.06. The highest BCUT2D eigenvalue weighted by Gasteiger charge is 2.40. The van der Waals surface area contributed by atoms with Gasteiger partial charge >= 0.3 is 0 Å². The second kappa shape index (κ2) is 10.1. The summed E-state index contributed by atoms with van der Waals surface area (Å²) >= 11 is 0. The van der Waals surface area contributed by atoms with Crippen LogP contribution >= 0.6 is 0 Å². The van der Waals surface area contributed by atoms with Crippen LogP contribution in [0.15, 0.2) is 54.6 Å². The Bertz CT molecular complexity index is 910. The molecule has 0 spiro atoms. The first-order valence-corrected chi connectivity index (χ1v) is 9.94. The van der Waals surface area contributed by atoms with Gasteiger partial charge in [-0.2, -0.15) is 0 Å². The summed E-state index contributed by atoms with van der Waals surface area (Å²) in [4.78, 5) is 25.4. The molecular weight excluding hydrogens is 388 g/mol. The minimum atomic E-state index is -1.06. The zero-order valence-corrected chi connectivity index (χ0v) is 16.6. The summed E-state index contributed by atoms with van der Waals surface area (Å²) < 4.78 is 26.9. The van der Waals surface area contributed by atoms with Crippen molar-refractivity contribution in [1.29, 1.82) is 0 Å². The maximum atomic E-state index is 13.8. The first-order valence-electron chi connectivity index (χ1n) is 9.94. The van der Waals surface area contributed by atoms with E-state index in [0.29, 0.717) is 25.9 Å². The van der Waals surface area contributed by atoms with E-state index in [1.54, 1.807) is 6.08 Å². The molecule has 2 aromatic carbocycles. The largest absolute Gasteiger partial charge is 0.350 e. The fourth-order valence-corrected chi connectivity index (χ4v) is 3.46. The quantitative estimate of drug-likeness (QED) is 0.654. The SMILES string of the molecule is O=C(CC=Cc1ccccc1)NC1(C(=O)NCc2ccc(F)cc2F)CCNCC1. The summed E-state index contributed by atoms with van der Waals surface area (Å²) in [5.41, 5.74) is 0.117. The Balaban J connectivity index is 1.62. The average molecular weight is 413 g/mol. The minimum absolute atomic E-state index is 0.0795. The van der Waals surface area contributed by atoms with Crippen LogP contribution in [0.2, 0.25) is 0 Å². The number of amides is 2. The summed E-state index contributed by atoms with van der Waals surface area (Å²) in [6.07, 6.45) is 4.61. The van der Waals surface area contributed by atoms with Gasteiger partial charge in [0.25, 0.3) is 0 Å². The lowest BCUT2D eigenvalue weighted by Gasteiger charge is -2.37. The number of carbonyl (C=O) groups is 2. The molecule has 1 fully saturated rings. The Morgan fingerprint density at radius 1 is 1.07 bits per heavy atom. The fraction of sp³-hybridized carbons (Fsp3) is 0.304. The third kappa shape index (κ3) is 5.73. The molecular formula is C23H25F2N3O2. The van der Waals surface area contributed by atoms with Crippen LogP contribution < -0.4 is 16.0 Å². The highest BCUT2D eigenvalue weighted by atomic mass is 19.1. The summed E-state index contributed by atoms with van der Waals surface area (Å²) in [6.45, 7) is 1.08. The van der Waals surface area contributed by atoms with Crippen LogP contribution in [0.3, 0.4) is 0 Å². The lowest BCUT2D eigenvalue weighted by atomic mass is 9.87. The van der Waals surface area contributed by atoms with Crippen molar-refractivity contribution in [2.45, 2.75) is 31.3 Å². The number of halogens is 2. The normalized spacial score (nSPS) is 15.7. The molecule has 7 heteroatoms. The van der Waals surface area contributed by atoms with Crippen molar-refractivity contribution >= 4 is 17.9 Å². The van der Waals surface area contributed by atoms with Crippen molar-refractivity contribution in [3.8, 4) is 0 Å². The highest BCUT2D eigenvalue weighted by Crippen LogP contribution is 2.20. The average Bonchev–Trinajstić information content (AvgIpc) is 2.74. The summed E-state index contributed by atoms with van der Waals surface area (Å²) in [5, 5.41) is 8.75. The molecule has 1 aliphatic rings. The number of hydrogen-bond acceptors (Lipinski definition) is 3. The third-order valence-corrected chi connectivity index (χ3v) is 5.14. The van der Waals surface area contributed by atoms with E-state index in [1.165, 1.54) is 6.07 Å². The lowest BCUT2D eigenvalue weighted by molar-refractivity contribution is -0.134. The van der Waals surface area contributed by atoms with Crippen molar-refractivity contribution in [3.63, 3.8) is 0 Å². The van der Waals surface area contributed by atoms with E-state index in [-0.39, 0.29) is 30.3 Å². The molecule has 5 nitrogen and oxygen atoms in total. The van der Waals surface area contributed by atoms with Crippen molar-refractivity contribution < 1.29 is 18.4 Å². The molecule has 0 saturated carbocycles. The summed E-state index contributed by atoms with van der Waals surface area (Å²) in [7, 11) is 0. The summed E-state index contributed by atoms with van der Waals surface area (Å²) in [5.74, 6) is -2.02. The number of rotatable bonds is 7. The van der Waals surface area contributed by atoms with Gasteiger partial charge in [0.05, 0.1) is 0 Å². The van der Waals surface area contributed by atoms with Gasteiger partial charge in [0.1, 0.15) is 17.2 Å². The smallest absolute Gasteiger partial charge is 0.246 e. The molecule has 2 amide bonds. The molecule has 0 unspecified atom stereocenters. The zero-order valence-electron chi connectivity index (χ0n) is 16.6. The molecule has 30 heavy (non-hydrogen) atoms. The van der Waals surface area contributed by atoms with Crippen LogP contribution in [0.5, 0.6) is 0 Å². The fourth-order valence-electron chi connectivity index (χ4n) is 3.46. The predicted octanol–water partition coefficient (Wildman–Crippen LogP) is 2.92. The maximum absolute atomic E-state index is 13.8. The van der Waals surface area contributed by atoms with Crippen LogP contribution in [0.25, 0.3) is 6.08 Å². The Labute approximate surface area is 174 Å². The van der Waals surface area contributed by atoms with E-state index in [2.05, 4.69) is 16.0 Å². The Morgan fingerprint density at radius 3 is 2.50 bits per heavy atom. The molecule has 0 atom stereocenters. The molecule has 0 aliphatic carbocycles. The van der Waals surface area contributed by atoms with Crippen LogP contribution in [0, 0.1) is 11.6 Å². The minimum Gasteiger partial charge on any atom is -0.350 e. The Morgan fingerprint density at radius 2 is 1.80 bits per heavy atom. The lowest BCUT2D eigenvalue weighted by Crippen LogP contribution is -2.62. The van der Waals surface area contributed by atoms with Gasteiger partial charge in [0.2, 0.25) is 11.8 Å². The molecule has 1 heterocycles. The third-order valence-electron chi connectivity index (χ3n) is 5.14. The second-order valence-electron chi connectivity index (χ2n) is 7.32. The van der Waals surface area contributed by atoms with Gasteiger partial charge in [0, 0.05) is 24.6 Å². The van der Waals surface area contributed by atoms with Crippen LogP contribution in [0.4, 0.5) is 8.78 Å². The van der Waals surface area contributed by atoms with Crippen LogP contribution in [0.1, 0.15) is 30.4 Å². The molecule has 0 radical (unpaired) electrons. The topological polar surface area (TPSA) is 70.2 Å². The van der Waals surface area contributed by atoms with Crippen molar-refractivity contribution in [3.05, 3.63) is 77.4 Å². The molecule has 158 valence electrons. The number of carbonyl (C=O) groups excluding carboxylic acids is 2. The standard InChI is InChI=1S/C23H25F2N3O2/c24-19-10-9-18(20(25)15-19)16-27-22(30)23(11-13-26-14-12-23)28-21(29)8-4-7-17-5-2-1-3-6-17/h1-7,9-10,15,26H,8,11-14,16H2,(H,27,30)(H,28,29). The number of benzene rings is 2. The molecule has 0 bridgehead atoms. The van der Waals surface area contributed by atoms with E-state index in [4.69, 9.17) is 0 Å². The van der Waals surface area contributed by atoms with Gasteiger partial charge in [-0.15, -0.1) is 0 Å². The van der Waals surface area contributed by atoms with E-state index in [0.717, 1.165) is 17.7 Å². The molecule has 2 aromatic rings. The second-order valence-corrected chi connectivity index (χ2v) is 7.32. The van der Waals surface area contributed by atoms with Gasteiger partial charge in [-0.25, -0.2) is 8.78 Å². The van der Waals surface area contributed by atoms with E-state index in [1.807, 2.05) is 36.4 Å². The zero-order chi connectivity index (χ0) is 21.4. The van der Waals surface area contributed by atoms with Crippen molar-refractivity contribution in [2.24, 2.45) is 0 Å². The number of hydrogen-bond donors (Lipinski definition) is 3. The monoisotopic (exact) mass is 413 g/mol. The van der Waals surface area contributed by atoms with Gasteiger partial charge < -0.3 is 16.0 Å². The molecule has 0 aromatic heterocycles. The first-order chi connectivity index (χ1) is 14.5. The van der Waals surface area contributed by atoms with Crippen LogP contribution in [-0.4, -0.2) is 30.4 Å². The van der Waals surface area contributed by atoms with E-state index < -0.39 is 17.2 Å². The van der Waals surface area contributed by atoms with Gasteiger partial charge in [-0.1, -0.05) is 48.6 Å². The van der Waals surface area contributed by atoms with Gasteiger partial charge in [-0.05, 0) is 37.6 Å². The maximum Gasteiger partial charge on any atom is 0.246 e. The highest BCUT2D eigenvalue weighted by molar-refractivity contribution is 5.92. The van der Waals surface area contributed by atoms with E-state index >= 15 is 0 Å². The predicted molar refractivity (Wildman–Crippen MR) is 111 cm³/mol. The molecule has 1 aliphatic heterocycles. The summed E-state index contributed by atoms with van der Waals surface area (Å²) in [6, 6.07) is 12.8. The van der Waals surface area contributed by atoms with Gasteiger partial charge in [-0.3, -0.25) is 9.59 Å². The van der Waals surface area contributed by atoms with Crippen molar-refractivity contribution in [1.82, 2.24) is 16.0 Å². The molecule has 3 rings (SSSR count). The molecule has 1 saturated heterocycles. The Kier molecular flexibility index (Phi) is 7.30. The number of piperidine rings is 1.